The Morgan fingerprint density at radius 1 is 1.33 bits per heavy atom. The SMILES string of the molecule is CC1(C)NC(=O)N(CCSc2nc3ccccc3o2)C1=O. The van der Waals surface area contributed by atoms with E-state index in [1.807, 2.05) is 24.3 Å². The fraction of sp³-hybridized carbons (Fsp3) is 0.357. The Labute approximate surface area is 125 Å². The number of urea groups is 1. The van der Waals surface area contributed by atoms with Gasteiger partial charge in [0.05, 0.1) is 0 Å². The highest BCUT2D eigenvalue weighted by Crippen LogP contribution is 2.24. The Bertz CT molecular complexity index is 677. The van der Waals surface area contributed by atoms with Crippen LogP contribution in [0.1, 0.15) is 13.8 Å². The number of aromatic nitrogens is 1. The number of carbonyl (C=O) groups is 2. The maximum atomic E-state index is 12.0. The smallest absolute Gasteiger partial charge is 0.325 e. The predicted molar refractivity (Wildman–Crippen MR) is 79.1 cm³/mol. The summed E-state index contributed by atoms with van der Waals surface area (Å²) in [6.45, 7) is 3.72. The highest BCUT2D eigenvalue weighted by atomic mass is 32.2. The number of fused-ring (bicyclic) bond motifs is 1. The number of hydrogen-bond donors (Lipinski definition) is 1. The van der Waals surface area contributed by atoms with Gasteiger partial charge in [-0.3, -0.25) is 9.69 Å². The van der Waals surface area contributed by atoms with Crippen LogP contribution in [0.15, 0.2) is 33.9 Å². The lowest BCUT2D eigenvalue weighted by atomic mass is 10.1. The Balaban J connectivity index is 1.61. The second-order valence-corrected chi connectivity index (χ2v) is 6.35. The first-order valence-corrected chi connectivity index (χ1v) is 7.58. The van der Waals surface area contributed by atoms with Gasteiger partial charge in [-0.1, -0.05) is 23.9 Å². The summed E-state index contributed by atoms with van der Waals surface area (Å²) in [6, 6.07) is 7.17. The van der Waals surface area contributed by atoms with Crippen molar-refractivity contribution in [2.24, 2.45) is 0 Å². The molecule has 0 aliphatic carbocycles. The van der Waals surface area contributed by atoms with Crippen LogP contribution in [0.3, 0.4) is 0 Å². The maximum Gasteiger partial charge on any atom is 0.325 e. The summed E-state index contributed by atoms with van der Waals surface area (Å²) in [5.74, 6) is 0.341. The molecule has 6 nitrogen and oxygen atoms in total. The first-order valence-electron chi connectivity index (χ1n) is 6.60. The molecular weight excluding hydrogens is 290 g/mol. The quantitative estimate of drug-likeness (QED) is 0.692. The summed E-state index contributed by atoms with van der Waals surface area (Å²) in [6.07, 6.45) is 0. The minimum absolute atomic E-state index is 0.203. The van der Waals surface area contributed by atoms with Crippen LogP contribution in [0.25, 0.3) is 11.1 Å². The molecule has 3 amide bonds. The zero-order chi connectivity index (χ0) is 15.0. The van der Waals surface area contributed by atoms with E-state index in [-0.39, 0.29) is 11.9 Å². The molecule has 2 aromatic rings. The molecule has 0 radical (unpaired) electrons. The third-order valence-electron chi connectivity index (χ3n) is 3.26. The third kappa shape index (κ3) is 2.61. The van der Waals surface area contributed by atoms with Crippen LogP contribution < -0.4 is 5.32 Å². The van der Waals surface area contributed by atoms with Gasteiger partial charge in [0.25, 0.3) is 11.1 Å². The first-order chi connectivity index (χ1) is 9.97. The van der Waals surface area contributed by atoms with Crippen LogP contribution in [-0.2, 0) is 4.79 Å². The summed E-state index contributed by atoms with van der Waals surface area (Å²) >= 11 is 1.39. The van der Waals surface area contributed by atoms with Gasteiger partial charge in [-0.05, 0) is 26.0 Å². The van der Waals surface area contributed by atoms with Crippen LogP contribution in [0.2, 0.25) is 0 Å². The number of rotatable bonds is 4. The van der Waals surface area contributed by atoms with E-state index < -0.39 is 5.54 Å². The minimum atomic E-state index is -0.820. The van der Waals surface area contributed by atoms with Crippen molar-refractivity contribution in [3.8, 4) is 0 Å². The number of amides is 3. The van der Waals surface area contributed by atoms with Gasteiger partial charge in [0.2, 0.25) is 0 Å². The molecule has 0 unspecified atom stereocenters. The van der Waals surface area contributed by atoms with Gasteiger partial charge < -0.3 is 9.73 Å². The molecule has 1 N–H and O–H groups in total. The largest absolute Gasteiger partial charge is 0.431 e. The number of thioether (sulfide) groups is 1. The van der Waals surface area contributed by atoms with Gasteiger partial charge in [-0.25, -0.2) is 9.78 Å². The standard InChI is InChI=1S/C14H15N3O3S/c1-14(2)11(18)17(12(19)16-14)7-8-21-13-15-9-5-3-4-6-10(9)20-13/h3-6H,7-8H2,1-2H3,(H,16,19). The summed E-state index contributed by atoms with van der Waals surface area (Å²) in [7, 11) is 0. The summed E-state index contributed by atoms with van der Waals surface area (Å²) in [5.41, 5.74) is 0.714. The highest BCUT2D eigenvalue weighted by Gasteiger charge is 2.43. The van der Waals surface area contributed by atoms with Gasteiger partial charge in [0.15, 0.2) is 5.58 Å². The van der Waals surface area contributed by atoms with Crippen molar-refractivity contribution in [1.29, 1.82) is 0 Å². The third-order valence-corrected chi connectivity index (χ3v) is 4.07. The fourth-order valence-corrected chi connectivity index (χ4v) is 2.92. The average molecular weight is 305 g/mol. The number of imide groups is 1. The first kappa shape index (κ1) is 13.9. The summed E-state index contributed by atoms with van der Waals surface area (Å²) < 4.78 is 5.58. The van der Waals surface area contributed by atoms with Crippen molar-refractivity contribution >= 4 is 34.8 Å². The van der Waals surface area contributed by atoms with Gasteiger partial charge >= 0.3 is 6.03 Å². The van der Waals surface area contributed by atoms with E-state index in [2.05, 4.69) is 10.3 Å². The van der Waals surface area contributed by atoms with Gasteiger partial charge in [0.1, 0.15) is 11.1 Å². The van der Waals surface area contributed by atoms with Gasteiger partial charge in [-0.15, -0.1) is 0 Å². The zero-order valence-corrected chi connectivity index (χ0v) is 12.6. The van der Waals surface area contributed by atoms with E-state index in [1.165, 1.54) is 16.7 Å². The number of nitrogens with one attached hydrogen (secondary N) is 1. The molecule has 0 saturated carbocycles. The topological polar surface area (TPSA) is 75.4 Å². The number of benzene rings is 1. The van der Waals surface area contributed by atoms with Crippen molar-refractivity contribution in [2.75, 3.05) is 12.3 Å². The number of nitrogens with zero attached hydrogens (tertiary/aromatic N) is 2. The molecule has 0 bridgehead atoms. The Kier molecular flexibility index (Phi) is 3.36. The Hall–Kier alpha value is -2.02. The van der Waals surface area contributed by atoms with E-state index in [0.717, 1.165) is 11.1 Å². The second-order valence-electron chi connectivity index (χ2n) is 5.31. The lowest BCUT2D eigenvalue weighted by molar-refractivity contribution is -0.130. The van der Waals surface area contributed by atoms with E-state index >= 15 is 0 Å². The molecule has 1 fully saturated rings. The molecule has 1 saturated heterocycles. The van der Waals surface area contributed by atoms with Gasteiger partial charge in [0, 0.05) is 12.3 Å². The molecule has 0 spiro atoms. The highest BCUT2D eigenvalue weighted by molar-refractivity contribution is 7.99. The van der Waals surface area contributed by atoms with Crippen molar-refractivity contribution in [2.45, 2.75) is 24.6 Å². The number of oxazole rings is 1. The zero-order valence-electron chi connectivity index (χ0n) is 11.8. The molecule has 0 atom stereocenters. The summed E-state index contributed by atoms with van der Waals surface area (Å²) in [4.78, 5) is 29.3. The van der Waals surface area contributed by atoms with Crippen molar-refractivity contribution in [3.63, 3.8) is 0 Å². The molecule has 1 aliphatic rings. The van der Waals surface area contributed by atoms with E-state index in [0.29, 0.717) is 17.5 Å². The minimum Gasteiger partial charge on any atom is -0.431 e. The van der Waals surface area contributed by atoms with Crippen molar-refractivity contribution < 1.29 is 14.0 Å². The van der Waals surface area contributed by atoms with E-state index in [4.69, 9.17) is 4.42 Å². The van der Waals surface area contributed by atoms with Crippen molar-refractivity contribution in [1.82, 2.24) is 15.2 Å². The van der Waals surface area contributed by atoms with Crippen LogP contribution in [0.5, 0.6) is 0 Å². The fourth-order valence-electron chi connectivity index (χ4n) is 2.16. The van der Waals surface area contributed by atoms with Crippen LogP contribution in [0, 0.1) is 0 Å². The molecule has 7 heteroatoms. The average Bonchev–Trinajstić information content (AvgIpc) is 2.92. The molecule has 1 aromatic heterocycles. The lowest BCUT2D eigenvalue weighted by Crippen LogP contribution is -2.40. The molecule has 1 aliphatic heterocycles. The molecule has 2 heterocycles. The summed E-state index contributed by atoms with van der Waals surface area (Å²) in [5, 5.41) is 3.20. The Morgan fingerprint density at radius 3 is 2.76 bits per heavy atom. The molecular formula is C14H15N3O3S. The molecule has 21 heavy (non-hydrogen) atoms. The van der Waals surface area contributed by atoms with Crippen LogP contribution >= 0.6 is 11.8 Å². The lowest BCUT2D eigenvalue weighted by Gasteiger charge is -2.15. The monoisotopic (exact) mass is 305 g/mol. The second kappa shape index (κ2) is 5.07. The number of carbonyl (C=O) groups excluding carboxylic acids is 2. The van der Waals surface area contributed by atoms with Gasteiger partial charge in [-0.2, -0.15) is 0 Å². The molecule has 110 valence electrons. The van der Waals surface area contributed by atoms with Crippen molar-refractivity contribution in [3.05, 3.63) is 24.3 Å². The Morgan fingerprint density at radius 2 is 2.10 bits per heavy atom. The predicted octanol–water partition coefficient (Wildman–Crippen LogP) is 2.25. The normalized spacial score (nSPS) is 17.5. The van der Waals surface area contributed by atoms with Crippen LogP contribution in [0.4, 0.5) is 4.79 Å². The number of hydrogen-bond acceptors (Lipinski definition) is 5. The maximum absolute atomic E-state index is 12.0. The number of para-hydroxylation sites is 2. The molecule has 3 rings (SSSR count). The van der Waals surface area contributed by atoms with E-state index in [9.17, 15) is 9.59 Å². The van der Waals surface area contributed by atoms with E-state index in [1.54, 1.807) is 13.8 Å². The van der Waals surface area contributed by atoms with Crippen LogP contribution in [-0.4, -0.2) is 39.7 Å². The molecule has 1 aromatic carbocycles.